The molecule has 1 amide bonds. The molecule has 0 bridgehead atoms. The Bertz CT molecular complexity index is 908. The average Bonchev–Trinajstić information content (AvgIpc) is 3.11. The van der Waals surface area contributed by atoms with E-state index in [1.165, 1.54) is 4.70 Å². The molecular formula is C20H24N3O3S+. The molecule has 0 aliphatic carbocycles. The predicted molar refractivity (Wildman–Crippen MR) is 108 cm³/mol. The number of thiazole rings is 1. The van der Waals surface area contributed by atoms with E-state index in [1.807, 2.05) is 25.2 Å². The van der Waals surface area contributed by atoms with Crippen LogP contribution in [0.5, 0.6) is 11.5 Å². The molecule has 1 heterocycles. The van der Waals surface area contributed by atoms with E-state index < -0.39 is 0 Å². The maximum atomic E-state index is 12.5. The number of nitrogens with zero attached hydrogens (tertiary/aromatic N) is 1. The number of quaternary nitrogens is 1. The third-order valence-electron chi connectivity index (χ3n) is 4.54. The van der Waals surface area contributed by atoms with Gasteiger partial charge in [-0.15, -0.1) is 11.3 Å². The van der Waals surface area contributed by atoms with Gasteiger partial charge in [0.05, 0.1) is 37.2 Å². The smallest absolute Gasteiger partial charge is 0.279 e. The van der Waals surface area contributed by atoms with Gasteiger partial charge >= 0.3 is 0 Å². The Hall–Kier alpha value is -2.64. The number of fused-ring (bicyclic) bond motifs is 1. The normalized spacial score (nSPS) is 13.2. The summed E-state index contributed by atoms with van der Waals surface area (Å²) in [4.78, 5) is 18.3. The molecule has 0 saturated heterocycles. The molecular weight excluding hydrogens is 362 g/mol. The largest absolute Gasteiger partial charge is 0.497 e. The highest BCUT2D eigenvalue weighted by atomic mass is 32.1. The molecule has 27 heavy (non-hydrogen) atoms. The number of carbonyl (C=O) groups is 1. The van der Waals surface area contributed by atoms with E-state index in [1.54, 1.807) is 43.8 Å². The number of benzene rings is 2. The van der Waals surface area contributed by atoms with Gasteiger partial charge in [0.1, 0.15) is 17.5 Å². The summed E-state index contributed by atoms with van der Waals surface area (Å²) in [6.45, 7) is 2.42. The first-order chi connectivity index (χ1) is 13.0. The summed E-state index contributed by atoms with van der Waals surface area (Å²) >= 11 is 1.68. The van der Waals surface area contributed by atoms with Gasteiger partial charge in [0.25, 0.3) is 5.91 Å². The van der Waals surface area contributed by atoms with Crippen molar-refractivity contribution in [2.75, 3.05) is 33.1 Å². The summed E-state index contributed by atoms with van der Waals surface area (Å²) in [6, 6.07) is 13.5. The Morgan fingerprint density at radius 2 is 2.00 bits per heavy atom. The number of hydrogen-bond donors (Lipinski definition) is 2. The van der Waals surface area contributed by atoms with E-state index in [0.717, 1.165) is 15.4 Å². The van der Waals surface area contributed by atoms with Crippen molar-refractivity contribution in [2.45, 2.75) is 13.0 Å². The number of ether oxygens (including phenoxy) is 2. The van der Waals surface area contributed by atoms with Crippen LogP contribution < -0.4 is 19.7 Å². The lowest BCUT2D eigenvalue weighted by Crippen LogP contribution is -3.10. The zero-order chi connectivity index (χ0) is 19.4. The molecule has 2 N–H and O–H groups in total. The van der Waals surface area contributed by atoms with E-state index in [9.17, 15) is 4.79 Å². The quantitative estimate of drug-likeness (QED) is 0.655. The Morgan fingerprint density at radius 1 is 1.22 bits per heavy atom. The molecule has 142 valence electrons. The van der Waals surface area contributed by atoms with Gasteiger partial charge in [-0.1, -0.05) is 12.1 Å². The fourth-order valence-electron chi connectivity index (χ4n) is 2.79. The topological polar surface area (TPSA) is 64.9 Å². The van der Waals surface area contributed by atoms with Gasteiger partial charge in [-0.05, 0) is 31.2 Å². The van der Waals surface area contributed by atoms with Crippen molar-refractivity contribution >= 4 is 33.1 Å². The fraction of sp³-hybridized carbons (Fsp3) is 0.300. The number of methoxy groups -OCH3 is 2. The Kier molecular flexibility index (Phi) is 5.93. The van der Waals surface area contributed by atoms with Crippen LogP contribution in [0.25, 0.3) is 10.2 Å². The van der Waals surface area contributed by atoms with Crippen LogP contribution in [0.4, 0.5) is 5.69 Å². The first-order valence-corrected chi connectivity index (χ1v) is 9.53. The molecule has 6 nitrogen and oxygen atoms in total. The lowest BCUT2D eigenvalue weighted by molar-refractivity contribution is -0.902. The van der Waals surface area contributed by atoms with Crippen LogP contribution in [-0.2, 0) is 4.79 Å². The predicted octanol–water partition coefficient (Wildman–Crippen LogP) is 2.53. The molecule has 0 radical (unpaired) electrons. The maximum absolute atomic E-state index is 12.5. The van der Waals surface area contributed by atoms with Gasteiger partial charge in [-0.25, -0.2) is 4.98 Å². The van der Waals surface area contributed by atoms with Gasteiger partial charge < -0.3 is 19.7 Å². The highest BCUT2D eigenvalue weighted by Crippen LogP contribution is 2.29. The monoisotopic (exact) mass is 386 g/mol. The van der Waals surface area contributed by atoms with Gasteiger partial charge in [-0.2, -0.15) is 0 Å². The Balaban J connectivity index is 1.66. The number of nitrogens with one attached hydrogen (secondary N) is 2. The van der Waals surface area contributed by atoms with Crippen molar-refractivity contribution in [3.8, 4) is 11.5 Å². The van der Waals surface area contributed by atoms with E-state index >= 15 is 0 Å². The number of hydrogen-bond acceptors (Lipinski definition) is 5. The zero-order valence-electron chi connectivity index (χ0n) is 15.9. The Morgan fingerprint density at radius 3 is 2.70 bits per heavy atom. The highest BCUT2D eigenvalue weighted by Gasteiger charge is 2.22. The van der Waals surface area contributed by atoms with Crippen molar-refractivity contribution in [1.29, 1.82) is 0 Å². The lowest BCUT2D eigenvalue weighted by atomic mass is 10.2. The molecule has 0 spiro atoms. The van der Waals surface area contributed by atoms with Gasteiger partial charge in [0, 0.05) is 6.07 Å². The summed E-state index contributed by atoms with van der Waals surface area (Å²) in [6.07, 6.45) is 0. The number of para-hydroxylation sites is 1. The Labute approximate surface area is 162 Å². The van der Waals surface area contributed by atoms with Gasteiger partial charge in [-0.3, -0.25) is 4.79 Å². The minimum absolute atomic E-state index is 0.0797. The second-order valence-electron chi connectivity index (χ2n) is 6.38. The zero-order valence-corrected chi connectivity index (χ0v) is 16.7. The van der Waals surface area contributed by atoms with Crippen molar-refractivity contribution in [2.24, 2.45) is 0 Å². The van der Waals surface area contributed by atoms with Gasteiger partial charge in [0.15, 0.2) is 11.6 Å². The summed E-state index contributed by atoms with van der Waals surface area (Å²) < 4.78 is 11.7. The number of anilines is 1. The number of rotatable bonds is 7. The first kappa shape index (κ1) is 19.1. The van der Waals surface area contributed by atoms with E-state index in [2.05, 4.69) is 18.3 Å². The van der Waals surface area contributed by atoms with E-state index in [4.69, 9.17) is 14.5 Å². The number of aromatic nitrogens is 1. The molecule has 3 aromatic rings. The van der Waals surface area contributed by atoms with Crippen LogP contribution in [0, 0.1) is 0 Å². The molecule has 1 unspecified atom stereocenters. The summed E-state index contributed by atoms with van der Waals surface area (Å²) in [7, 11) is 5.16. The molecule has 0 saturated carbocycles. The summed E-state index contributed by atoms with van der Waals surface area (Å²) in [5.74, 6) is 1.17. The van der Waals surface area contributed by atoms with Crippen LogP contribution in [0.15, 0.2) is 42.5 Å². The van der Waals surface area contributed by atoms with Crippen LogP contribution in [0.1, 0.15) is 18.0 Å². The first-order valence-electron chi connectivity index (χ1n) is 8.71. The minimum Gasteiger partial charge on any atom is -0.497 e. The third-order valence-corrected chi connectivity index (χ3v) is 5.76. The molecule has 3 rings (SSSR count). The summed E-state index contributed by atoms with van der Waals surface area (Å²) in [5.41, 5.74) is 1.63. The third kappa shape index (κ3) is 4.37. The number of carbonyl (C=O) groups excluding carboxylic acids is 1. The number of amides is 1. The van der Waals surface area contributed by atoms with Crippen molar-refractivity contribution in [1.82, 2.24) is 4.98 Å². The van der Waals surface area contributed by atoms with Crippen molar-refractivity contribution in [3.63, 3.8) is 0 Å². The van der Waals surface area contributed by atoms with Crippen molar-refractivity contribution < 1.29 is 19.2 Å². The highest BCUT2D eigenvalue weighted by molar-refractivity contribution is 7.18. The molecule has 0 aliphatic heterocycles. The molecule has 2 aromatic carbocycles. The van der Waals surface area contributed by atoms with Crippen LogP contribution >= 0.6 is 11.3 Å². The SMILES string of the molecule is COc1ccc(NC(=O)C[NH+](C)[C@@H](C)c2nc3ccccc3s2)c(OC)c1. The van der Waals surface area contributed by atoms with Crippen LogP contribution in [0.2, 0.25) is 0 Å². The molecule has 1 aromatic heterocycles. The maximum Gasteiger partial charge on any atom is 0.279 e. The van der Waals surface area contributed by atoms with E-state index in [-0.39, 0.29) is 11.9 Å². The van der Waals surface area contributed by atoms with Gasteiger partial charge in [0.2, 0.25) is 0 Å². The van der Waals surface area contributed by atoms with Crippen LogP contribution in [-0.4, -0.2) is 38.7 Å². The average molecular weight is 386 g/mol. The molecule has 7 heteroatoms. The van der Waals surface area contributed by atoms with Crippen molar-refractivity contribution in [3.05, 3.63) is 47.5 Å². The minimum atomic E-state index is -0.0797. The summed E-state index contributed by atoms with van der Waals surface area (Å²) in [5, 5.41) is 3.95. The van der Waals surface area contributed by atoms with E-state index in [0.29, 0.717) is 23.7 Å². The standard InChI is InChI=1S/C20H23N3O3S/c1-13(20-22-16-7-5-6-8-18(16)27-20)23(2)12-19(24)21-15-10-9-14(25-3)11-17(15)26-4/h5-11,13H,12H2,1-4H3,(H,21,24)/p+1/t13-/m0/s1. The fourth-order valence-corrected chi connectivity index (χ4v) is 3.90. The second-order valence-corrected chi connectivity index (χ2v) is 7.44. The molecule has 0 fully saturated rings. The lowest BCUT2D eigenvalue weighted by Gasteiger charge is -2.20. The second kappa shape index (κ2) is 8.37. The molecule has 0 aliphatic rings. The molecule has 2 atom stereocenters. The van der Waals surface area contributed by atoms with Crippen LogP contribution in [0.3, 0.4) is 0 Å². The number of likely N-dealkylation sites (N-methyl/N-ethyl adjacent to an activating group) is 1.